The van der Waals surface area contributed by atoms with Crippen molar-refractivity contribution < 1.29 is 33.4 Å². The minimum atomic E-state index is -1.78. The van der Waals surface area contributed by atoms with Crippen LogP contribution < -0.4 is 0 Å². The number of carbonyl (C=O) groups excluding carboxylic acids is 4. The number of β-lactam (4-membered cyclic amide) rings is 1. The number of rotatable bonds is 8. The molecule has 0 unspecified atom stereocenters. The van der Waals surface area contributed by atoms with E-state index in [-0.39, 0.29) is 39.2 Å². The lowest BCUT2D eigenvalue weighted by molar-refractivity contribution is -0.193. The molecule has 1 heterocycles. The van der Waals surface area contributed by atoms with E-state index < -0.39 is 29.4 Å². The van der Waals surface area contributed by atoms with Crippen LogP contribution in [0.3, 0.4) is 0 Å². The standard InChI is InChI=1S/C14H21NO7/c1-4-20-11(17)7-8-15-10(16)9-14(15,12(18)21-5-2)13(19)22-6-3/h4-9H2,1-3H3. The molecule has 0 spiro atoms. The fourth-order valence-corrected chi connectivity index (χ4v) is 2.23. The third kappa shape index (κ3) is 3.37. The highest BCUT2D eigenvalue weighted by molar-refractivity contribution is 6.15. The van der Waals surface area contributed by atoms with E-state index in [2.05, 4.69) is 0 Å². The van der Waals surface area contributed by atoms with Gasteiger partial charge in [0.25, 0.3) is 0 Å². The van der Waals surface area contributed by atoms with E-state index >= 15 is 0 Å². The van der Waals surface area contributed by atoms with Gasteiger partial charge < -0.3 is 19.1 Å². The zero-order valence-corrected chi connectivity index (χ0v) is 13.0. The second-order valence-electron chi connectivity index (χ2n) is 4.58. The lowest BCUT2D eigenvalue weighted by Gasteiger charge is -2.47. The van der Waals surface area contributed by atoms with E-state index in [0.29, 0.717) is 0 Å². The Bertz CT molecular complexity index is 442. The van der Waals surface area contributed by atoms with Crippen LogP contribution in [0, 0.1) is 0 Å². The van der Waals surface area contributed by atoms with Gasteiger partial charge in [-0.1, -0.05) is 0 Å². The molecule has 8 heteroatoms. The average molecular weight is 315 g/mol. The van der Waals surface area contributed by atoms with Crippen molar-refractivity contribution >= 4 is 23.8 Å². The van der Waals surface area contributed by atoms with Crippen molar-refractivity contribution in [2.75, 3.05) is 26.4 Å². The number of ether oxygens (including phenoxy) is 3. The summed E-state index contributed by atoms with van der Waals surface area (Å²) < 4.78 is 14.6. The van der Waals surface area contributed by atoms with Crippen LogP contribution in [0.1, 0.15) is 33.6 Å². The molecule has 0 aromatic rings. The van der Waals surface area contributed by atoms with Gasteiger partial charge >= 0.3 is 17.9 Å². The Hall–Kier alpha value is -2.12. The topological polar surface area (TPSA) is 99.2 Å². The van der Waals surface area contributed by atoms with Gasteiger partial charge in [0.1, 0.15) is 0 Å². The molecule has 1 saturated heterocycles. The van der Waals surface area contributed by atoms with Crippen LogP contribution in [0.25, 0.3) is 0 Å². The Balaban J connectivity index is 2.90. The highest BCUT2D eigenvalue weighted by Crippen LogP contribution is 2.35. The molecule has 8 nitrogen and oxygen atoms in total. The van der Waals surface area contributed by atoms with Crippen LogP contribution in [0.4, 0.5) is 0 Å². The minimum absolute atomic E-state index is 0.0693. The molecule has 0 radical (unpaired) electrons. The average Bonchev–Trinajstić information content (AvgIpc) is 2.45. The highest BCUT2D eigenvalue weighted by atomic mass is 16.6. The summed E-state index contributed by atoms with van der Waals surface area (Å²) in [5, 5.41) is 0. The van der Waals surface area contributed by atoms with E-state index in [9.17, 15) is 19.2 Å². The van der Waals surface area contributed by atoms with Crippen LogP contribution in [0.2, 0.25) is 0 Å². The maximum absolute atomic E-state index is 12.2. The van der Waals surface area contributed by atoms with Crippen molar-refractivity contribution in [2.45, 2.75) is 39.2 Å². The van der Waals surface area contributed by atoms with E-state index in [0.717, 1.165) is 4.90 Å². The van der Waals surface area contributed by atoms with Crippen LogP contribution in [-0.4, -0.2) is 60.6 Å². The van der Waals surface area contributed by atoms with Crippen LogP contribution in [0.15, 0.2) is 0 Å². The zero-order chi connectivity index (χ0) is 16.8. The summed E-state index contributed by atoms with van der Waals surface area (Å²) in [7, 11) is 0. The Morgan fingerprint density at radius 2 is 1.50 bits per heavy atom. The first kappa shape index (κ1) is 17.9. The molecule has 1 amide bonds. The third-order valence-electron chi connectivity index (χ3n) is 3.24. The molecule has 22 heavy (non-hydrogen) atoms. The first-order valence-corrected chi connectivity index (χ1v) is 7.24. The third-order valence-corrected chi connectivity index (χ3v) is 3.24. The summed E-state index contributed by atoms with van der Waals surface area (Å²) in [5.41, 5.74) is -1.78. The van der Waals surface area contributed by atoms with Gasteiger partial charge in [-0.05, 0) is 20.8 Å². The number of nitrogens with zero attached hydrogens (tertiary/aromatic N) is 1. The molecular formula is C14H21NO7. The lowest BCUT2D eigenvalue weighted by atomic mass is 9.83. The van der Waals surface area contributed by atoms with Crippen LogP contribution >= 0.6 is 0 Å². The largest absolute Gasteiger partial charge is 0.466 e. The molecule has 0 N–H and O–H groups in total. The summed E-state index contributed by atoms with van der Waals surface area (Å²) in [6.45, 7) is 5.11. The zero-order valence-electron chi connectivity index (χ0n) is 13.0. The van der Waals surface area contributed by atoms with E-state index in [1.54, 1.807) is 20.8 Å². The Labute approximate surface area is 128 Å². The van der Waals surface area contributed by atoms with Gasteiger partial charge in [-0.2, -0.15) is 0 Å². The number of hydrogen-bond donors (Lipinski definition) is 0. The lowest BCUT2D eigenvalue weighted by Crippen LogP contribution is -2.72. The molecule has 0 saturated carbocycles. The van der Waals surface area contributed by atoms with Crippen LogP contribution in [0.5, 0.6) is 0 Å². The van der Waals surface area contributed by atoms with Crippen molar-refractivity contribution in [3.8, 4) is 0 Å². The molecule has 1 aliphatic heterocycles. The Morgan fingerprint density at radius 1 is 1.00 bits per heavy atom. The summed E-state index contributed by atoms with van der Waals surface area (Å²) in [6, 6.07) is 0. The van der Waals surface area contributed by atoms with Crippen LogP contribution in [-0.2, 0) is 33.4 Å². The van der Waals surface area contributed by atoms with E-state index in [4.69, 9.17) is 14.2 Å². The second-order valence-corrected chi connectivity index (χ2v) is 4.58. The van der Waals surface area contributed by atoms with E-state index in [1.807, 2.05) is 0 Å². The summed E-state index contributed by atoms with van der Waals surface area (Å²) in [6.07, 6.45) is -0.423. The molecule has 0 aliphatic carbocycles. The van der Waals surface area contributed by atoms with Gasteiger partial charge in [-0.15, -0.1) is 0 Å². The maximum Gasteiger partial charge on any atom is 0.344 e. The number of likely N-dealkylation sites (tertiary alicyclic amines) is 1. The molecule has 1 fully saturated rings. The van der Waals surface area contributed by atoms with Crippen molar-refractivity contribution in [2.24, 2.45) is 0 Å². The number of amides is 1. The maximum atomic E-state index is 12.2. The highest BCUT2D eigenvalue weighted by Gasteiger charge is 2.64. The first-order valence-electron chi connectivity index (χ1n) is 7.24. The monoisotopic (exact) mass is 315 g/mol. The molecule has 0 bridgehead atoms. The van der Waals surface area contributed by atoms with Gasteiger partial charge in [0.2, 0.25) is 11.4 Å². The molecule has 1 aliphatic rings. The Morgan fingerprint density at radius 3 is 1.91 bits per heavy atom. The SMILES string of the molecule is CCOC(=O)CCN1C(=O)CC1(C(=O)OCC)C(=O)OCC. The van der Waals surface area contributed by atoms with E-state index in [1.165, 1.54) is 0 Å². The van der Waals surface area contributed by atoms with Crippen molar-refractivity contribution in [1.29, 1.82) is 0 Å². The first-order chi connectivity index (χ1) is 10.4. The molecule has 0 aromatic carbocycles. The van der Waals surface area contributed by atoms with Gasteiger partial charge in [0, 0.05) is 6.54 Å². The number of hydrogen-bond acceptors (Lipinski definition) is 7. The van der Waals surface area contributed by atoms with Gasteiger partial charge in [0.05, 0.1) is 32.7 Å². The fraction of sp³-hybridized carbons (Fsp3) is 0.714. The summed E-state index contributed by atoms with van der Waals surface area (Å²) >= 11 is 0. The molecular weight excluding hydrogens is 294 g/mol. The van der Waals surface area contributed by atoms with Crippen molar-refractivity contribution in [1.82, 2.24) is 4.90 Å². The number of esters is 3. The smallest absolute Gasteiger partial charge is 0.344 e. The minimum Gasteiger partial charge on any atom is -0.466 e. The fourth-order valence-electron chi connectivity index (χ4n) is 2.23. The Kier molecular flexibility index (Phi) is 6.33. The molecule has 1 rings (SSSR count). The quantitative estimate of drug-likeness (QED) is 0.270. The summed E-state index contributed by atoms with van der Waals surface area (Å²) in [5.74, 6) is -2.59. The molecule has 124 valence electrons. The van der Waals surface area contributed by atoms with Gasteiger partial charge in [-0.3, -0.25) is 9.59 Å². The predicted octanol–water partition coefficient (Wildman–Crippen LogP) is 0.0369. The molecule has 0 aromatic heterocycles. The van der Waals surface area contributed by atoms with Gasteiger partial charge in [0.15, 0.2) is 0 Å². The normalized spacial score (nSPS) is 15.8. The predicted molar refractivity (Wildman–Crippen MR) is 73.6 cm³/mol. The van der Waals surface area contributed by atoms with Crippen molar-refractivity contribution in [3.63, 3.8) is 0 Å². The van der Waals surface area contributed by atoms with Crippen molar-refractivity contribution in [3.05, 3.63) is 0 Å². The summed E-state index contributed by atoms with van der Waals surface area (Å²) in [4.78, 5) is 48.5. The van der Waals surface area contributed by atoms with Gasteiger partial charge in [-0.25, -0.2) is 9.59 Å². The molecule has 0 atom stereocenters. The number of carbonyl (C=O) groups is 4. The second kappa shape index (κ2) is 7.77.